The van der Waals surface area contributed by atoms with Crippen molar-refractivity contribution in [1.82, 2.24) is 9.55 Å². The summed E-state index contributed by atoms with van der Waals surface area (Å²) < 4.78 is 45.0. The zero-order chi connectivity index (χ0) is 31.5. The van der Waals surface area contributed by atoms with Gasteiger partial charge in [0.25, 0.3) is 0 Å². The minimum atomic E-state index is -0.404. The molecule has 8 aromatic rings. The molecule has 0 spiro atoms. The molecule has 41 heavy (non-hydrogen) atoms. The average molecular weight is 528 g/mol. The van der Waals surface area contributed by atoms with Crippen molar-refractivity contribution in [3.8, 4) is 39.3 Å². The van der Waals surface area contributed by atoms with Crippen LogP contribution in [0.1, 0.15) is 6.85 Å². The number of aromatic nitrogens is 2. The maximum atomic E-state index is 8.86. The lowest BCUT2D eigenvalue weighted by atomic mass is 9.84. The number of rotatable bonds is 4. The Morgan fingerprint density at radius 1 is 0.488 bits per heavy atom. The quantitative estimate of drug-likeness (QED) is 0.208. The van der Waals surface area contributed by atoms with E-state index >= 15 is 0 Å². The number of fused-ring (bicyclic) bond motifs is 3. The van der Waals surface area contributed by atoms with Crippen LogP contribution in [0.25, 0.3) is 71.9 Å². The predicted molar refractivity (Wildman–Crippen MR) is 172 cm³/mol. The van der Waals surface area contributed by atoms with Crippen LogP contribution in [0.3, 0.4) is 0 Å². The third-order valence-electron chi connectivity index (χ3n) is 7.69. The second-order valence-corrected chi connectivity index (χ2v) is 9.98. The first-order chi connectivity index (χ1) is 22.5. The van der Waals surface area contributed by atoms with E-state index in [0.717, 1.165) is 60.8 Å². The van der Waals surface area contributed by atoms with E-state index in [2.05, 4.69) is 34.9 Å². The molecule has 0 bridgehead atoms. The van der Waals surface area contributed by atoms with E-state index in [1.807, 2.05) is 97.1 Å². The Morgan fingerprint density at radius 3 is 1.71 bits per heavy atom. The zero-order valence-corrected chi connectivity index (χ0v) is 22.0. The summed E-state index contributed by atoms with van der Waals surface area (Å²) in [5.41, 5.74) is 6.65. The van der Waals surface area contributed by atoms with Crippen LogP contribution in [-0.4, -0.2) is 9.55 Å². The summed E-state index contributed by atoms with van der Waals surface area (Å²) in [6.07, 6.45) is 0. The molecule has 0 unspecified atom stereocenters. The van der Waals surface area contributed by atoms with Crippen molar-refractivity contribution < 1.29 is 6.85 Å². The van der Waals surface area contributed by atoms with Gasteiger partial charge in [-0.05, 0) is 68.1 Å². The molecule has 2 nitrogen and oxygen atoms in total. The molecule has 7 aromatic carbocycles. The van der Waals surface area contributed by atoms with Crippen molar-refractivity contribution in [1.29, 1.82) is 0 Å². The number of hydrogen-bond donors (Lipinski definition) is 0. The van der Waals surface area contributed by atoms with Gasteiger partial charge in [-0.1, -0.05) is 133 Å². The Bertz CT molecular complexity index is 2400. The highest BCUT2D eigenvalue weighted by Crippen LogP contribution is 2.46. The number of benzene rings is 7. The molecular formula is C39H26N2. The number of nitrogens with zero attached hydrogens (tertiary/aromatic N) is 2. The Morgan fingerprint density at radius 2 is 1.02 bits per heavy atom. The van der Waals surface area contributed by atoms with E-state index in [0.29, 0.717) is 5.56 Å². The average Bonchev–Trinajstić information content (AvgIpc) is 3.49. The molecule has 1 aromatic heterocycles. The number of hydrogen-bond acceptors (Lipinski definition) is 1. The Balaban J connectivity index is 1.51. The van der Waals surface area contributed by atoms with E-state index in [9.17, 15) is 0 Å². The Labute approximate surface area is 245 Å². The van der Waals surface area contributed by atoms with Crippen molar-refractivity contribution in [2.45, 2.75) is 0 Å². The second-order valence-electron chi connectivity index (χ2n) is 9.98. The van der Waals surface area contributed by atoms with E-state index < -0.39 is 6.04 Å². The largest absolute Gasteiger partial charge is 0.292 e. The summed E-state index contributed by atoms with van der Waals surface area (Å²) in [7, 11) is 0. The van der Waals surface area contributed by atoms with Crippen LogP contribution in [0.2, 0.25) is 0 Å². The highest BCUT2D eigenvalue weighted by molar-refractivity contribution is 6.22. The molecule has 0 aliphatic carbocycles. The van der Waals surface area contributed by atoms with Gasteiger partial charge in [-0.25, -0.2) is 4.98 Å². The van der Waals surface area contributed by atoms with Gasteiger partial charge in [0, 0.05) is 11.3 Å². The first kappa shape index (κ1) is 18.8. The van der Waals surface area contributed by atoms with Gasteiger partial charge in [-0.15, -0.1) is 0 Å². The van der Waals surface area contributed by atoms with Crippen molar-refractivity contribution in [3.63, 3.8) is 0 Å². The molecule has 0 aliphatic rings. The van der Waals surface area contributed by atoms with Gasteiger partial charge < -0.3 is 0 Å². The Kier molecular flexibility index (Phi) is 4.40. The van der Waals surface area contributed by atoms with Crippen molar-refractivity contribution in [2.75, 3.05) is 0 Å². The summed E-state index contributed by atoms with van der Waals surface area (Å²) in [5, 5.41) is 3.44. The fraction of sp³-hybridized carbons (Fsp3) is 0. The van der Waals surface area contributed by atoms with Gasteiger partial charge in [0.15, 0.2) is 0 Å². The summed E-state index contributed by atoms with van der Waals surface area (Å²) in [6, 6.07) is 41.0. The van der Waals surface area contributed by atoms with Gasteiger partial charge in [0.2, 0.25) is 0 Å². The SMILES string of the molecule is [2H]c1c([2H])c([2H])c(-c2c3ccccc3c(-c3ccccc3-c3nc4ccccc4n3-c3ccccc3)c3ccccc23)c([2H])c1[2H]. The van der Waals surface area contributed by atoms with E-state index in [4.69, 9.17) is 11.8 Å². The maximum Gasteiger partial charge on any atom is 0.146 e. The van der Waals surface area contributed by atoms with Crippen LogP contribution in [0.4, 0.5) is 0 Å². The molecule has 2 heteroatoms. The lowest BCUT2D eigenvalue weighted by molar-refractivity contribution is 1.10. The summed E-state index contributed by atoms with van der Waals surface area (Å²) in [5.74, 6) is 0.811. The number of para-hydroxylation sites is 3. The first-order valence-corrected chi connectivity index (χ1v) is 13.6. The third kappa shape index (κ3) is 3.76. The molecule has 1 heterocycles. The molecule has 192 valence electrons. The standard InChI is InChI=1S/C39H26N2/c1-3-15-27(16-4-1)37-29-19-7-9-21-31(29)38(32-22-10-8-20-30(32)37)33-23-11-12-24-34(33)39-40-35-25-13-14-26-36(35)41(39)28-17-5-2-6-18-28/h1-26H/i1D,3D,4D,15D,16D. The van der Waals surface area contributed by atoms with Crippen molar-refractivity contribution >= 4 is 32.6 Å². The second kappa shape index (κ2) is 9.62. The summed E-state index contributed by atoms with van der Waals surface area (Å²) >= 11 is 0. The van der Waals surface area contributed by atoms with Crippen LogP contribution in [0.5, 0.6) is 0 Å². The van der Waals surface area contributed by atoms with E-state index in [1.54, 1.807) is 0 Å². The maximum absolute atomic E-state index is 8.86. The fourth-order valence-corrected chi connectivity index (χ4v) is 6.00. The monoisotopic (exact) mass is 527 g/mol. The van der Waals surface area contributed by atoms with Gasteiger partial charge in [-0.3, -0.25) is 4.57 Å². The van der Waals surface area contributed by atoms with Crippen LogP contribution < -0.4 is 0 Å². The van der Waals surface area contributed by atoms with Crippen LogP contribution in [0.15, 0.2) is 158 Å². The lowest BCUT2D eigenvalue weighted by Gasteiger charge is -2.20. The molecule has 0 N–H and O–H groups in total. The van der Waals surface area contributed by atoms with Crippen molar-refractivity contribution in [2.24, 2.45) is 0 Å². The highest BCUT2D eigenvalue weighted by Gasteiger charge is 2.21. The third-order valence-corrected chi connectivity index (χ3v) is 7.69. The molecule has 0 amide bonds. The Hall–Kier alpha value is -5.47. The molecule has 0 radical (unpaired) electrons. The van der Waals surface area contributed by atoms with Gasteiger partial charge >= 0.3 is 0 Å². The molecule has 0 saturated heterocycles. The van der Waals surface area contributed by atoms with E-state index in [1.165, 1.54) is 0 Å². The highest BCUT2D eigenvalue weighted by atomic mass is 15.1. The fourth-order valence-electron chi connectivity index (χ4n) is 6.00. The smallest absolute Gasteiger partial charge is 0.146 e. The predicted octanol–water partition coefficient (Wildman–Crippen LogP) is 10.3. The van der Waals surface area contributed by atoms with Gasteiger partial charge in [-0.2, -0.15) is 0 Å². The molecule has 0 fully saturated rings. The molecule has 0 aliphatic heterocycles. The van der Waals surface area contributed by atoms with Crippen molar-refractivity contribution in [3.05, 3.63) is 158 Å². The minimum absolute atomic E-state index is 0.198. The normalized spacial score (nSPS) is 13.1. The van der Waals surface area contributed by atoms with Gasteiger partial charge in [0.1, 0.15) is 5.82 Å². The molecule has 8 rings (SSSR count). The molecule has 0 atom stereocenters. The zero-order valence-electron chi connectivity index (χ0n) is 27.0. The van der Waals surface area contributed by atoms with Gasteiger partial charge in [0.05, 0.1) is 17.9 Å². The van der Waals surface area contributed by atoms with Crippen LogP contribution >= 0.6 is 0 Å². The molecule has 0 saturated carbocycles. The molecular weight excluding hydrogens is 496 g/mol. The topological polar surface area (TPSA) is 17.8 Å². The minimum Gasteiger partial charge on any atom is -0.292 e. The number of imidazole rings is 1. The summed E-state index contributed by atoms with van der Waals surface area (Å²) in [4.78, 5) is 5.18. The van der Waals surface area contributed by atoms with E-state index in [-0.39, 0.29) is 29.7 Å². The first-order valence-electron chi connectivity index (χ1n) is 16.1. The van der Waals surface area contributed by atoms with Crippen LogP contribution in [0, 0.1) is 0 Å². The van der Waals surface area contributed by atoms with Crippen LogP contribution in [-0.2, 0) is 0 Å². The lowest BCUT2D eigenvalue weighted by Crippen LogP contribution is -1.99. The summed E-state index contributed by atoms with van der Waals surface area (Å²) in [6.45, 7) is 0.